The van der Waals surface area contributed by atoms with Crippen LogP contribution in [0.2, 0.25) is 0 Å². The van der Waals surface area contributed by atoms with Gasteiger partial charge in [0.2, 0.25) is 0 Å². The first-order valence-electron chi connectivity index (χ1n) is 15.4. The molecule has 0 aliphatic heterocycles. The van der Waals surface area contributed by atoms with Crippen LogP contribution < -0.4 is 0 Å². The Morgan fingerprint density at radius 2 is 1.10 bits per heavy atom. The highest BCUT2D eigenvalue weighted by atomic mass is 31.2. The van der Waals surface area contributed by atoms with Crippen molar-refractivity contribution >= 4 is 7.82 Å². The molecule has 9 heteroatoms. The van der Waals surface area contributed by atoms with Crippen molar-refractivity contribution < 1.29 is 38.6 Å². The van der Waals surface area contributed by atoms with Crippen molar-refractivity contribution in [2.24, 2.45) is 0 Å². The largest absolute Gasteiger partial charge is 0.472 e. The summed E-state index contributed by atoms with van der Waals surface area (Å²) in [6.45, 7) is 1.24. The highest BCUT2D eigenvalue weighted by molar-refractivity contribution is 7.47. The SMILES string of the molecule is CCCCCCC/C=C\C/C=C\CCCCCCCCCCCCOCC(O)COP(=O)(O)OCC(O)CO. The number of phosphoric acid groups is 1. The van der Waals surface area contributed by atoms with Crippen LogP contribution in [0.25, 0.3) is 0 Å². The number of allylic oxidation sites excluding steroid dienone is 4. The molecule has 0 fully saturated rings. The molecule has 0 saturated carbocycles. The molecule has 39 heavy (non-hydrogen) atoms. The number of phosphoric ester groups is 1. The summed E-state index contributed by atoms with van der Waals surface area (Å²) in [4.78, 5) is 9.43. The number of ether oxygens (including phenoxy) is 1. The van der Waals surface area contributed by atoms with Crippen molar-refractivity contribution in [3.63, 3.8) is 0 Å². The third kappa shape index (κ3) is 30.2. The average Bonchev–Trinajstić information content (AvgIpc) is 2.93. The molecule has 3 atom stereocenters. The minimum Gasteiger partial charge on any atom is -0.394 e. The van der Waals surface area contributed by atoms with Crippen LogP contribution in [0, 0.1) is 0 Å². The molecule has 0 aliphatic rings. The number of aliphatic hydroxyl groups is 3. The Labute approximate surface area is 238 Å². The van der Waals surface area contributed by atoms with Gasteiger partial charge in [0.1, 0.15) is 12.2 Å². The maximum absolute atomic E-state index is 11.6. The van der Waals surface area contributed by atoms with Crippen LogP contribution >= 0.6 is 7.82 Å². The average molecular weight is 579 g/mol. The Bertz CT molecular complexity index is 614. The fraction of sp³-hybridized carbons (Fsp3) is 0.867. The van der Waals surface area contributed by atoms with Crippen LogP contribution in [0.4, 0.5) is 0 Å². The highest BCUT2D eigenvalue weighted by Gasteiger charge is 2.24. The predicted octanol–water partition coefficient (Wildman–Crippen LogP) is 7.00. The van der Waals surface area contributed by atoms with Crippen molar-refractivity contribution in [2.45, 2.75) is 135 Å². The van der Waals surface area contributed by atoms with E-state index in [1.54, 1.807) is 0 Å². The number of aliphatic hydroxyl groups excluding tert-OH is 3. The van der Waals surface area contributed by atoms with E-state index >= 15 is 0 Å². The topological polar surface area (TPSA) is 126 Å². The first kappa shape index (κ1) is 38.4. The van der Waals surface area contributed by atoms with Gasteiger partial charge < -0.3 is 24.9 Å². The van der Waals surface area contributed by atoms with E-state index in [-0.39, 0.29) is 6.61 Å². The molecule has 0 aromatic rings. The molecule has 0 bridgehead atoms. The fourth-order valence-electron chi connectivity index (χ4n) is 3.97. The van der Waals surface area contributed by atoms with E-state index in [1.807, 2.05) is 0 Å². The Kier molecular flexibility index (Phi) is 28.5. The van der Waals surface area contributed by atoms with E-state index in [9.17, 15) is 14.6 Å². The second-order valence-electron chi connectivity index (χ2n) is 10.3. The molecule has 0 amide bonds. The lowest BCUT2D eigenvalue weighted by atomic mass is 10.1. The zero-order valence-corrected chi connectivity index (χ0v) is 25.5. The van der Waals surface area contributed by atoms with Crippen molar-refractivity contribution in [1.82, 2.24) is 0 Å². The summed E-state index contributed by atoms with van der Waals surface area (Å²) in [6, 6.07) is 0. The van der Waals surface area contributed by atoms with Crippen LogP contribution in [0.15, 0.2) is 24.3 Å². The quantitative estimate of drug-likeness (QED) is 0.0408. The molecule has 0 heterocycles. The predicted molar refractivity (Wildman–Crippen MR) is 159 cm³/mol. The van der Waals surface area contributed by atoms with E-state index in [0.717, 1.165) is 19.3 Å². The van der Waals surface area contributed by atoms with Gasteiger partial charge in [0.25, 0.3) is 0 Å². The zero-order chi connectivity index (χ0) is 28.9. The number of unbranched alkanes of at least 4 members (excludes halogenated alkanes) is 15. The van der Waals surface area contributed by atoms with Gasteiger partial charge in [-0.15, -0.1) is 0 Å². The summed E-state index contributed by atoms with van der Waals surface area (Å²) in [5.41, 5.74) is 0. The van der Waals surface area contributed by atoms with E-state index in [4.69, 9.17) is 14.9 Å². The van der Waals surface area contributed by atoms with Crippen molar-refractivity contribution in [1.29, 1.82) is 0 Å². The van der Waals surface area contributed by atoms with Crippen molar-refractivity contribution in [3.05, 3.63) is 24.3 Å². The summed E-state index contributed by atoms with van der Waals surface area (Å²) in [6.07, 6.45) is 29.5. The van der Waals surface area contributed by atoms with Gasteiger partial charge in [0.05, 0.1) is 26.4 Å². The van der Waals surface area contributed by atoms with Gasteiger partial charge in [-0.3, -0.25) is 9.05 Å². The highest BCUT2D eigenvalue weighted by Crippen LogP contribution is 2.43. The molecule has 8 nitrogen and oxygen atoms in total. The third-order valence-electron chi connectivity index (χ3n) is 6.37. The standard InChI is InChI=1S/C30H59O8P/c1-2-3-4-5-6-7-8-9-10-11-12-13-14-15-16-17-18-19-20-21-22-23-24-36-26-30(33)28-38-39(34,35)37-27-29(32)25-31/h8-9,11-12,29-33H,2-7,10,13-28H2,1H3,(H,34,35)/b9-8-,12-11-. The molecule has 0 aromatic carbocycles. The van der Waals surface area contributed by atoms with Crippen LogP contribution in [0.1, 0.15) is 122 Å². The molecule has 4 N–H and O–H groups in total. The molecule has 0 rings (SSSR count). The molecule has 0 radical (unpaired) electrons. The zero-order valence-electron chi connectivity index (χ0n) is 24.6. The fourth-order valence-corrected chi connectivity index (χ4v) is 4.77. The second kappa shape index (κ2) is 28.9. The summed E-state index contributed by atoms with van der Waals surface area (Å²) in [7, 11) is -4.39. The normalized spacial score (nSPS) is 15.3. The van der Waals surface area contributed by atoms with Crippen LogP contribution in [0.5, 0.6) is 0 Å². The molecular formula is C30H59O8P. The smallest absolute Gasteiger partial charge is 0.394 e. The maximum atomic E-state index is 11.6. The van der Waals surface area contributed by atoms with E-state index < -0.39 is 39.9 Å². The van der Waals surface area contributed by atoms with Crippen LogP contribution in [0.3, 0.4) is 0 Å². The van der Waals surface area contributed by atoms with E-state index in [1.165, 1.54) is 96.3 Å². The summed E-state index contributed by atoms with van der Waals surface area (Å²) < 4.78 is 26.1. The van der Waals surface area contributed by atoms with Gasteiger partial charge in [-0.25, -0.2) is 4.57 Å². The number of hydrogen-bond donors (Lipinski definition) is 4. The lowest BCUT2D eigenvalue weighted by Gasteiger charge is -2.16. The van der Waals surface area contributed by atoms with Gasteiger partial charge in [0.15, 0.2) is 0 Å². The minimum absolute atomic E-state index is 0.00532. The van der Waals surface area contributed by atoms with Gasteiger partial charge in [-0.05, 0) is 38.5 Å². The first-order chi connectivity index (χ1) is 18.9. The molecule has 3 unspecified atom stereocenters. The van der Waals surface area contributed by atoms with Crippen LogP contribution in [-0.2, 0) is 18.3 Å². The molecule has 0 aromatic heterocycles. The van der Waals surface area contributed by atoms with Gasteiger partial charge in [-0.1, -0.05) is 108 Å². The number of rotatable bonds is 30. The summed E-state index contributed by atoms with van der Waals surface area (Å²) in [5, 5.41) is 27.5. The monoisotopic (exact) mass is 578 g/mol. The van der Waals surface area contributed by atoms with Crippen molar-refractivity contribution in [3.8, 4) is 0 Å². The first-order valence-corrected chi connectivity index (χ1v) is 16.9. The van der Waals surface area contributed by atoms with E-state index in [2.05, 4.69) is 40.3 Å². The number of hydrogen-bond acceptors (Lipinski definition) is 7. The maximum Gasteiger partial charge on any atom is 0.472 e. The Hall–Kier alpha value is -0.570. The van der Waals surface area contributed by atoms with Gasteiger partial charge >= 0.3 is 7.82 Å². The Balaban J connectivity index is 3.36. The van der Waals surface area contributed by atoms with Gasteiger partial charge in [-0.2, -0.15) is 0 Å². The molecule has 0 saturated heterocycles. The molecular weight excluding hydrogens is 519 g/mol. The second-order valence-corrected chi connectivity index (χ2v) is 11.8. The summed E-state index contributed by atoms with van der Waals surface area (Å²) in [5.74, 6) is 0. The lowest BCUT2D eigenvalue weighted by Crippen LogP contribution is -2.23. The van der Waals surface area contributed by atoms with Crippen LogP contribution in [-0.4, -0.2) is 65.5 Å². The summed E-state index contributed by atoms with van der Waals surface area (Å²) >= 11 is 0. The van der Waals surface area contributed by atoms with Crippen molar-refractivity contribution in [2.75, 3.05) is 33.0 Å². The lowest BCUT2D eigenvalue weighted by molar-refractivity contribution is -0.00437. The molecule has 0 aliphatic carbocycles. The Morgan fingerprint density at radius 3 is 1.62 bits per heavy atom. The molecule has 232 valence electrons. The third-order valence-corrected chi connectivity index (χ3v) is 7.32. The van der Waals surface area contributed by atoms with E-state index in [0.29, 0.717) is 6.61 Å². The van der Waals surface area contributed by atoms with Gasteiger partial charge in [0, 0.05) is 6.61 Å². The Morgan fingerprint density at radius 1 is 0.641 bits per heavy atom. The molecule has 0 spiro atoms. The minimum atomic E-state index is -4.39.